The zero-order valence-electron chi connectivity index (χ0n) is 16.4. The molecule has 0 amide bonds. The van der Waals surface area contributed by atoms with Crippen LogP contribution in [0, 0.1) is 19.3 Å². The SMILES string of the molecule is Cc1cc(NC(c2ccc(OC(F)(F)F)c(C)c2)C(C)(C)CO)n2ncnc2n1. The maximum atomic E-state index is 12.6. The van der Waals surface area contributed by atoms with E-state index in [-0.39, 0.29) is 12.4 Å². The van der Waals surface area contributed by atoms with Gasteiger partial charge in [0.25, 0.3) is 5.78 Å². The molecule has 3 aromatic rings. The highest BCUT2D eigenvalue weighted by Crippen LogP contribution is 2.38. The van der Waals surface area contributed by atoms with Gasteiger partial charge in [-0.15, -0.1) is 13.2 Å². The highest BCUT2D eigenvalue weighted by molar-refractivity contribution is 5.48. The molecule has 1 aromatic carbocycles. The molecule has 10 heteroatoms. The third kappa shape index (κ3) is 4.58. The summed E-state index contributed by atoms with van der Waals surface area (Å²) in [5.41, 5.74) is 1.10. The Kier molecular flexibility index (Phi) is 5.40. The van der Waals surface area contributed by atoms with Crippen molar-refractivity contribution in [1.82, 2.24) is 19.6 Å². The number of fused-ring (bicyclic) bond motifs is 1. The fourth-order valence-electron chi connectivity index (χ4n) is 3.09. The largest absolute Gasteiger partial charge is 0.573 e. The maximum absolute atomic E-state index is 12.6. The monoisotopic (exact) mass is 409 g/mol. The van der Waals surface area contributed by atoms with E-state index in [1.807, 2.05) is 20.8 Å². The molecule has 2 heterocycles. The van der Waals surface area contributed by atoms with E-state index in [1.165, 1.54) is 16.9 Å². The van der Waals surface area contributed by atoms with E-state index in [0.29, 0.717) is 22.7 Å². The van der Waals surface area contributed by atoms with Crippen molar-refractivity contribution in [2.24, 2.45) is 5.41 Å². The summed E-state index contributed by atoms with van der Waals surface area (Å²) >= 11 is 0. The van der Waals surface area contributed by atoms with Crippen LogP contribution in [0.1, 0.15) is 36.7 Å². The van der Waals surface area contributed by atoms with E-state index >= 15 is 0 Å². The third-order valence-corrected chi connectivity index (χ3v) is 4.62. The number of hydrogen-bond donors (Lipinski definition) is 2. The zero-order valence-corrected chi connectivity index (χ0v) is 16.4. The van der Waals surface area contributed by atoms with Gasteiger partial charge in [-0.25, -0.2) is 4.98 Å². The van der Waals surface area contributed by atoms with Crippen LogP contribution in [0.2, 0.25) is 0 Å². The molecule has 0 saturated heterocycles. The summed E-state index contributed by atoms with van der Waals surface area (Å²) in [6.45, 7) is 6.91. The first kappa shape index (κ1) is 20.8. The average molecular weight is 409 g/mol. The summed E-state index contributed by atoms with van der Waals surface area (Å²) < 4.78 is 43.3. The number of benzene rings is 1. The molecule has 0 saturated carbocycles. The molecule has 2 N–H and O–H groups in total. The van der Waals surface area contributed by atoms with Gasteiger partial charge in [0, 0.05) is 17.2 Å². The van der Waals surface area contributed by atoms with Crippen LogP contribution in [0.15, 0.2) is 30.6 Å². The molecule has 156 valence electrons. The van der Waals surface area contributed by atoms with Crippen molar-refractivity contribution >= 4 is 11.6 Å². The van der Waals surface area contributed by atoms with Crippen molar-refractivity contribution in [1.29, 1.82) is 0 Å². The van der Waals surface area contributed by atoms with Gasteiger partial charge in [0.05, 0.1) is 12.6 Å². The molecule has 0 aliphatic rings. The van der Waals surface area contributed by atoms with E-state index < -0.39 is 17.8 Å². The van der Waals surface area contributed by atoms with Crippen LogP contribution in [-0.4, -0.2) is 37.7 Å². The minimum absolute atomic E-state index is 0.158. The Bertz CT molecular complexity index is 1020. The molecular weight excluding hydrogens is 387 g/mol. The van der Waals surface area contributed by atoms with Crippen molar-refractivity contribution in [3.05, 3.63) is 47.4 Å². The van der Waals surface area contributed by atoms with Crippen LogP contribution < -0.4 is 10.1 Å². The number of aliphatic hydroxyl groups is 1. The van der Waals surface area contributed by atoms with E-state index in [0.717, 1.165) is 5.69 Å². The Hall–Kier alpha value is -2.88. The predicted molar refractivity (Wildman–Crippen MR) is 101 cm³/mol. The van der Waals surface area contributed by atoms with Crippen LogP contribution in [-0.2, 0) is 0 Å². The Balaban J connectivity index is 2.02. The molecule has 3 rings (SSSR count). The van der Waals surface area contributed by atoms with Gasteiger partial charge in [-0.1, -0.05) is 26.0 Å². The van der Waals surface area contributed by atoms with Crippen molar-refractivity contribution in [3.63, 3.8) is 0 Å². The van der Waals surface area contributed by atoms with Crippen LogP contribution >= 0.6 is 0 Å². The van der Waals surface area contributed by atoms with Crippen LogP contribution in [0.4, 0.5) is 19.0 Å². The molecule has 0 spiro atoms. The van der Waals surface area contributed by atoms with Crippen molar-refractivity contribution < 1.29 is 23.0 Å². The van der Waals surface area contributed by atoms with Gasteiger partial charge >= 0.3 is 6.36 Å². The average Bonchev–Trinajstić information content (AvgIpc) is 3.08. The Morgan fingerprint density at radius 3 is 2.55 bits per heavy atom. The Morgan fingerprint density at radius 2 is 1.93 bits per heavy atom. The number of halogens is 3. The molecule has 29 heavy (non-hydrogen) atoms. The number of aryl methyl sites for hydroxylation is 2. The smallest absolute Gasteiger partial charge is 0.406 e. The number of aromatic nitrogens is 4. The molecule has 0 bridgehead atoms. The number of nitrogens with one attached hydrogen (secondary N) is 1. The second-order valence-electron chi connectivity index (χ2n) is 7.55. The van der Waals surface area contributed by atoms with E-state index in [2.05, 4.69) is 25.1 Å². The minimum atomic E-state index is -4.76. The van der Waals surface area contributed by atoms with E-state index in [4.69, 9.17) is 0 Å². The lowest BCUT2D eigenvalue weighted by atomic mass is 9.80. The lowest BCUT2D eigenvalue weighted by molar-refractivity contribution is -0.274. The molecular formula is C19H22F3N5O2. The van der Waals surface area contributed by atoms with Gasteiger partial charge in [0.1, 0.15) is 17.9 Å². The Labute approximate surface area is 165 Å². The lowest BCUT2D eigenvalue weighted by Gasteiger charge is -2.34. The molecule has 7 nitrogen and oxygen atoms in total. The van der Waals surface area contributed by atoms with Crippen LogP contribution in [0.5, 0.6) is 5.75 Å². The van der Waals surface area contributed by atoms with Crippen molar-refractivity contribution in [2.75, 3.05) is 11.9 Å². The van der Waals surface area contributed by atoms with Gasteiger partial charge in [-0.2, -0.15) is 14.6 Å². The molecule has 0 radical (unpaired) electrons. The second kappa shape index (κ2) is 7.51. The normalized spacial score (nSPS) is 13.5. The number of ether oxygens (including phenoxy) is 1. The van der Waals surface area contributed by atoms with Crippen LogP contribution in [0.3, 0.4) is 0 Å². The number of alkyl halides is 3. The molecule has 0 aliphatic heterocycles. The van der Waals surface area contributed by atoms with Crippen LogP contribution in [0.25, 0.3) is 5.78 Å². The number of rotatable bonds is 6. The summed E-state index contributed by atoms with van der Waals surface area (Å²) in [4.78, 5) is 8.39. The number of aliphatic hydroxyl groups excluding tert-OH is 1. The number of hydrogen-bond acceptors (Lipinski definition) is 6. The quantitative estimate of drug-likeness (QED) is 0.644. The van der Waals surface area contributed by atoms with Gasteiger partial charge in [-0.05, 0) is 31.0 Å². The van der Waals surface area contributed by atoms with Gasteiger partial charge in [0.2, 0.25) is 0 Å². The van der Waals surface area contributed by atoms with Gasteiger partial charge in [0.15, 0.2) is 0 Å². The predicted octanol–water partition coefficient (Wildman–Crippen LogP) is 3.81. The number of nitrogens with zero attached hydrogens (tertiary/aromatic N) is 4. The summed E-state index contributed by atoms with van der Waals surface area (Å²) in [5.74, 6) is 0.753. The number of anilines is 1. The van der Waals surface area contributed by atoms with Crippen molar-refractivity contribution in [2.45, 2.75) is 40.1 Å². The zero-order chi connectivity index (χ0) is 21.4. The highest BCUT2D eigenvalue weighted by Gasteiger charge is 2.34. The van der Waals surface area contributed by atoms with Gasteiger partial charge < -0.3 is 15.2 Å². The fraction of sp³-hybridized carbons (Fsp3) is 0.421. The first-order chi connectivity index (χ1) is 13.5. The fourth-order valence-corrected chi connectivity index (χ4v) is 3.09. The third-order valence-electron chi connectivity index (χ3n) is 4.62. The summed E-state index contributed by atoms with van der Waals surface area (Å²) in [5, 5.41) is 17.5. The summed E-state index contributed by atoms with van der Waals surface area (Å²) in [6.07, 6.45) is -3.38. The topological polar surface area (TPSA) is 84.6 Å². The molecule has 1 atom stereocenters. The summed E-state index contributed by atoms with van der Waals surface area (Å²) in [7, 11) is 0. The standard InChI is InChI=1S/C19H22F3N5O2/c1-11-7-13(5-6-14(11)29-19(20,21)22)16(18(3,4)9-28)26-15-8-12(2)25-17-23-10-24-27(15)17/h5-8,10,16,26,28H,9H2,1-4H3. The molecule has 0 aliphatic carbocycles. The van der Waals surface area contributed by atoms with Gasteiger partial charge in [-0.3, -0.25) is 0 Å². The lowest BCUT2D eigenvalue weighted by Crippen LogP contribution is -2.32. The maximum Gasteiger partial charge on any atom is 0.573 e. The second-order valence-corrected chi connectivity index (χ2v) is 7.55. The molecule has 1 unspecified atom stereocenters. The first-order valence-corrected chi connectivity index (χ1v) is 8.91. The van der Waals surface area contributed by atoms with E-state index in [1.54, 1.807) is 25.1 Å². The summed E-state index contributed by atoms with van der Waals surface area (Å²) in [6, 6.07) is 5.79. The first-order valence-electron chi connectivity index (χ1n) is 8.91. The molecule has 0 fully saturated rings. The van der Waals surface area contributed by atoms with Crippen molar-refractivity contribution in [3.8, 4) is 5.75 Å². The Morgan fingerprint density at radius 1 is 1.21 bits per heavy atom. The van der Waals surface area contributed by atoms with E-state index in [9.17, 15) is 18.3 Å². The molecule has 2 aromatic heterocycles. The minimum Gasteiger partial charge on any atom is -0.406 e. The highest BCUT2D eigenvalue weighted by atomic mass is 19.4.